The molecule has 1 amide bonds. The molecule has 2 aromatic rings. The van der Waals surface area contributed by atoms with E-state index in [9.17, 15) is 14.0 Å². The Morgan fingerprint density at radius 3 is 2.38 bits per heavy atom. The summed E-state index contributed by atoms with van der Waals surface area (Å²) < 4.78 is 29.4. The minimum atomic E-state index is -0.599. The van der Waals surface area contributed by atoms with Gasteiger partial charge in [-0.3, -0.25) is 9.69 Å². The quantitative estimate of drug-likeness (QED) is 0.621. The van der Waals surface area contributed by atoms with Gasteiger partial charge in [0.25, 0.3) is 0 Å². The maximum Gasteiger partial charge on any atom is 0.340 e. The molecule has 1 fully saturated rings. The highest BCUT2D eigenvalue weighted by Gasteiger charge is 2.27. The largest absolute Gasteiger partial charge is 0.493 e. The molecular formula is C23H26ClFN2O5. The summed E-state index contributed by atoms with van der Waals surface area (Å²) in [5, 5.41) is 3.23. The van der Waals surface area contributed by atoms with E-state index in [0.29, 0.717) is 60.2 Å². The van der Waals surface area contributed by atoms with Crippen LogP contribution in [0, 0.1) is 11.7 Å². The Morgan fingerprint density at radius 1 is 1.12 bits per heavy atom. The van der Waals surface area contributed by atoms with Crippen LogP contribution in [0.1, 0.15) is 28.8 Å². The number of ether oxygens (including phenoxy) is 3. The van der Waals surface area contributed by atoms with Gasteiger partial charge >= 0.3 is 5.97 Å². The van der Waals surface area contributed by atoms with Crippen LogP contribution < -0.4 is 14.8 Å². The van der Waals surface area contributed by atoms with Crippen molar-refractivity contribution in [2.75, 3.05) is 39.7 Å². The molecule has 1 saturated heterocycles. The van der Waals surface area contributed by atoms with Crippen molar-refractivity contribution < 1.29 is 28.2 Å². The smallest absolute Gasteiger partial charge is 0.340 e. The van der Waals surface area contributed by atoms with Crippen LogP contribution in [0.4, 0.5) is 10.1 Å². The van der Waals surface area contributed by atoms with Crippen molar-refractivity contribution in [3.63, 3.8) is 0 Å². The number of carbonyl (C=O) groups excluding carboxylic acids is 2. The second-order valence-electron chi connectivity index (χ2n) is 7.48. The highest BCUT2D eigenvalue weighted by atomic mass is 35.5. The van der Waals surface area contributed by atoms with Crippen LogP contribution in [0.15, 0.2) is 30.3 Å². The third-order valence-corrected chi connectivity index (χ3v) is 5.94. The van der Waals surface area contributed by atoms with Crippen LogP contribution in [0.5, 0.6) is 11.5 Å². The highest BCUT2D eigenvalue weighted by molar-refractivity contribution is 6.31. The second kappa shape index (κ2) is 10.7. The van der Waals surface area contributed by atoms with Gasteiger partial charge in [0, 0.05) is 35.2 Å². The Kier molecular flexibility index (Phi) is 7.93. The molecule has 0 aliphatic carbocycles. The lowest BCUT2D eigenvalue weighted by molar-refractivity contribution is -0.121. The maximum absolute atomic E-state index is 14.1. The lowest BCUT2D eigenvalue weighted by Crippen LogP contribution is -2.38. The maximum atomic E-state index is 14.1. The molecule has 0 saturated carbocycles. The van der Waals surface area contributed by atoms with Crippen LogP contribution in [0.25, 0.3) is 0 Å². The summed E-state index contributed by atoms with van der Waals surface area (Å²) in [7, 11) is 4.19. The van der Waals surface area contributed by atoms with Crippen LogP contribution in [-0.4, -0.2) is 51.2 Å². The number of rotatable bonds is 7. The lowest BCUT2D eigenvalue weighted by Gasteiger charge is -2.31. The number of methoxy groups -OCH3 is 3. The summed E-state index contributed by atoms with van der Waals surface area (Å²) in [6.07, 6.45) is 1.19. The molecule has 2 aromatic carbocycles. The van der Waals surface area contributed by atoms with Gasteiger partial charge in [0.15, 0.2) is 11.5 Å². The molecule has 1 heterocycles. The van der Waals surface area contributed by atoms with E-state index in [4.69, 9.17) is 25.8 Å². The number of esters is 1. The van der Waals surface area contributed by atoms with Crippen LogP contribution in [0.3, 0.4) is 0 Å². The summed E-state index contributed by atoms with van der Waals surface area (Å²) in [4.78, 5) is 27.2. The highest BCUT2D eigenvalue weighted by Crippen LogP contribution is 2.34. The Balaban J connectivity index is 1.68. The van der Waals surface area contributed by atoms with Gasteiger partial charge in [-0.1, -0.05) is 17.7 Å². The zero-order valence-electron chi connectivity index (χ0n) is 18.2. The summed E-state index contributed by atoms with van der Waals surface area (Å²) in [6, 6.07) is 7.65. The second-order valence-corrected chi connectivity index (χ2v) is 7.89. The van der Waals surface area contributed by atoms with Gasteiger partial charge in [0.05, 0.1) is 32.6 Å². The first kappa shape index (κ1) is 23.8. The van der Waals surface area contributed by atoms with Crippen LogP contribution >= 0.6 is 11.6 Å². The molecule has 0 aromatic heterocycles. The van der Waals surface area contributed by atoms with Crippen molar-refractivity contribution in [3.8, 4) is 11.5 Å². The van der Waals surface area contributed by atoms with Gasteiger partial charge in [0.2, 0.25) is 5.91 Å². The Morgan fingerprint density at radius 2 is 1.78 bits per heavy atom. The van der Waals surface area contributed by atoms with Gasteiger partial charge in [-0.15, -0.1) is 0 Å². The topological polar surface area (TPSA) is 77.1 Å². The molecular weight excluding hydrogens is 439 g/mol. The summed E-state index contributed by atoms with van der Waals surface area (Å²) >= 11 is 6.13. The molecule has 1 aliphatic rings. The molecule has 0 radical (unpaired) electrons. The number of likely N-dealkylation sites (tertiary alicyclic amines) is 1. The van der Waals surface area contributed by atoms with E-state index in [0.717, 1.165) is 0 Å². The fourth-order valence-corrected chi connectivity index (χ4v) is 3.98. The van der Waals surface area contributed by atoms with Crippen molar-refractivity contribution in [1.29, 1.82) is 0 Å². The van der Waals surface area contributed by atoms with Gasteiger partial charge in [-0.05, 0) is 38.1 Å². The van der Waals surface area contributed by atoms with Crippen LogP contribution in [-0.2, 0) is 16.1 Å². The summed E-state index contributed by atoms with van der Waals surface area (Å²) in [5.74, 6) is -0.649. The van der Waals surface area contributed by atoms with E-state index in [2.05, 4.69) is 10.2 Å². The number of benzene rings is 2. The normalized spacial score (nSPS) is 14.7. The first-order valence-corrected chi connectivity index (χ1v) is 10.6. The Labute approximate surface area is 191 Å². The van der Waals surface area contributed by atoms with E-state index in [1.807, 2.05) is 0 Å². The number of hydrogen-bond donors (Lipinski definition) is 1. The number of carbonyl (C=O) groups is 2. The third kappa shape index (κ3) is 5.31. The fourth-order valence-electron chi connectivity index (χ4n) is 3.76. The fraction of sp³-hybridized carbons (Fsp3) is 0.391. The first-order valence-electron chi connectivity index (χ1n) is 10.2. The predicted octanol–water partition coefficient (Wildman–Crippen LogP) is 4.13. The number of halogens is 2. The average molecular weight is 465 g/mol. The SMILES string of the molecule is COC(=O)c1cc(OC)c(OC)cc1NC(=O)C1CCN(Cc2c(F)cccc2Cl)CC1. The molecule has 1 N–H and O–H groups in total. The predicted molar refractivity (Wildman–Crippen MR) is 119 cm³/mol. The molecule has 172 valence electrons. The van der Waals surface area contributed by atoms with Gasteiger partial charge in [-0.25, -0.2) is 9.18 Å². The zero-order valence-corrected chi connectivity index (χ0v) is 19.0. The molecule has 0 unspecified atom stereocenters. The van der Waals surface area contributed by atoms with E-state index in [-0.39, 0.29) is 23.2 Å². The third-order valence-electron chi connectivity index (χ3n) is 5.59. The Bertz CT molecular complexity index is 972. The molecule has 0 spiro atoms. The molecule has 7 nitrogen and oxygen atoms in total. The average Bonchev–Trinajstić information content (AvgIpc) is 2.81. The van der Waals surface area contributed by atoms with Crippen molar-refractivity contribution in [3.05, 3.63) is 52.3 Å². The number of nitrogens with one attached hydrogen (secondary N) is 1. The van der Waals surface area contributed by atoms with Crippen molar-refractivity contribution in [2.24, 2.45) is 5.92 Å². The number of hydrogen-bond acceptors (Lipinski definition) is 6. The van der Waals surface area contributed by atoms with E-state index in [1.54, 1.807) is 12.1 Å². The minimum Gasteiger partial charge on any atom is -0.493 e. The van der Waals surface area contributed by atoms with Crippen molar-refractivity contribution in [2.45, 2.75) is 19.4 Å². The molecule has 9 heteroatoms. The summed E-state index contributed by atoms with van der Waals surface area (Å²) in [5.41, 5.74) is 0.926. The van der Waals surface area contributed by atoms with Gasteiger partial charge in [0.1, 0.15) is 5.82 Å². The van der Waals surface area contributed by atoms with E-state index >= 15 is 0 Å². The molecule has 32 heavy (non-hydrogen) atoms. The van der Waals surface area contributed by atoms with Gasteiger partial charge < -0.3 is 19.5 Å². The minimum absolute atomic E-state index is 0.171. The van der Waals surface area contributed by atoms with Crippen molar-refractivity contribution >= 4 is 29.2 Å². The standard InChI is InChI=1S/C23H26ClFN2O5/c1-30-20-11-15(23(29)32-3)19(12-21(20)31-2)26-22(28)14-7-9-27(10-8-14)13-16-17(24)5-4-6-18(16)25/h4-6,11-12,14H,7-10,13H2,1-3H3,(H,26,28). The number of amides is 1. The van der Waals surface area contributed by atoms with Crippen LogP contribution in [0.2, 0.25) is 5.02 Å². The molecule has 3 rings (SSSR count). The zero-order chi connectivity index (χ0) is 23.3. The van der Waals surface area contributed by atoms with E-state index < -0.39 is 5.97 Å². The molecule has 1 aliphatic heterocycles. The van der Waals surface area contributed by atoms with Crippen molar-refractivity contribution in [1.82, 2.24) is 4.90 Å². The van der Waals surface area contributed by atoms with Gasteiger partial charge in [-0.2, -0.15) is 0 Å². The lowest BCUT2D eigenvalue weighted by atomic mass is 9.95. The molecule has 0 atom stereocenters. The first-order chi connectivity index (χ1) is 15.4. The van der Waals surface area contributed by atoms with E-state index in [1.165, 1.54) is 39.5 Å². The molecule has 0 bridgehead atoms. The monoisotopic (exact) mass is 464 g/mol. The Hall–Kier alpha value is -2.84. The summed E-state index contributed by atoms with van der Waals surface area (Å²) in [6.45, 7) is 1.64. The number of piperidine rings is 1. The number of anilines is 1. The number of nitrogens with zero attached hydrogens (tertiary/aromatic N) is 1.